The quantitative estimate of drug-likeness (QED) is 0.532. The van der Waals surface area contributed by atoms with Crippen LogP contribution < -0.4 is 5.32 Å². The van der Waals surface area contributed by atoms with Gasteiger partial charge in [-0.2, -0.15) is 0 Å². The van der Waals surface area contributed by atoms with E-state index in [-0.39, 0.29) is 11.8 Å². The number of rotatable bonds is 13. The molecule has 1 saturated heterocycles. The van der Waals surface area contributed by atoms with Crippen LogP contribution in [-0.4, -0.2) is 50.2 Å². The van der Waals surface area contributed by atoms with E-state index >= 15 is 0 Å². The predicted molar refractivity (Wildman–Crippen MR) is 87.4 cm³/mol. The topological polar surface area (TPSA) is 41.6 Å². The number of unbranched alkanes of at least 4 members (excludes halogenated alkanes) is 5. The molecule has 1 amide bonds. The minimum Gasteiger partial charge on any atom is -0.382 e. The van der Waals surface area contributed by atoms with Crippen LogP contribution in [0.3, 0.4) is 0 Å². The molecule has 0 aliphatic carbocycles. The van der Waals surface area contributed by atoms with Crippen LogP contribution in [0, 0.1) is 5.92 Å². The Kier molecular flexibility index (Phi) is 10.5. The highest BCUT2D eigenvalue weighted by Gasteiger charge is 2.31. The highest BCUT2D eigenvalue weighted by molar-refractivity contribution is 5.79. The van der Waals surface area contributed by atoms with Gasteiger partial charge < -0.3 is 15.0 Å². The van der Waals surface area contributed by atoms with Crippen molar-refractivity contribution in [3.63, 3.8) is 0 Å². The lowest BCUT2D eigenvalue weighted by Crippen LogP contribution is -2.53. The van der Waals surface area contributed by atoms with Gasteiger partial charge in [-0.3, -0.25) is 4.79 Å². The lowest BCUT2D eigenvalue weighted by molar-refractivity contribution is -0.130. The number of carbonyl (C=O) groups excluding carboxylic acids is 1. The highest BCUT2D eigenvalue weighted by atomic mass is 16.5. The van der Waals surface area contributed by atoms with Gasteiger partial charge in [-0.25, -0.2) is 0 Å². The Morgan fingerprint density at radius 1 is 1.10 bits per heavy atom. The smallest absolute Gasteiger partial charge is 0.225 e. The molecule has 4 heteroatoms. The van der Waals surface area contributed by atoms with Crippen molar-refractivity contribution >= 4 is 5.91 Å². The monoisotopic (exact) mass is 298 g/mol. The van der Waals surface area contributed by atoms with Crippen LogP contribution in [0.1, 0.15) is 58.8 Å². The summed E-state index contributed by atoms with van der Waals surface area (Å²) in [6.07, 6.45) is 8.52. The fourth-order valence-corrected chi connectivity index (χ4v) is 2.77. The summed E-state index contributed by atoms with van der Waals surface area (Å²) in [5.74, 6) is 0.509. The Bertz CT molecular complexity index is 266. The number of hydrogen-bond donors (Lipinski definition) is 1. The molecule has 0 saturated carbocycles. The van der Waals surface area contributed by atoms with Gasteiger partial charge in [0.25, 0.3) is 0 Å². The van der Waals surface area contributed by atoms with E-state index in [2.05, 4.69) is 17.1 Å². The summed E-state index contributed by atoms with van der Waals surface area (Å²) >= 11 is 0. The van der Waals surface area contributed by atoms with Crippen molar-refractivity contribution in [2.45, 2.75) is 58.8 Å². The summed E-state index contributed by atoms with van der Waals surface area (Å²) < 4.78 is 5.32. The fraction of sp³-hybridized carbons (Fsp3) is 0.941. The van der Waals surface area contributed by atoms with Crippen molar-refractivity contribution in [2.75, 3.05) is 39.4 Å². The van der Waals surface area contributed by atoms with E-state index < -0.39 is 0 Å². The summed E-state index contributed by atoms with van der Waals surface area (Å²) in [4.78, 5) is 14.2. The van der Waals surface area contributed by atoms with Crippen molar-refractivity contribution in [2.24, 2.45) is 5.92 Å². The third-order valence-electron chi connectivity index (χ3n) is 4.09. The Hall–Kier alpha value is -0.610. The van der Waals surface area contributed by atoms with Crippen LogP contribution >= 0.6 is 0 Å². The van der Waals surface area contributed by atoms with Crippen LogP contribution in [-0.2, 0) is 9.53 Å². The minimum atomic E-state index is 0.245. The second-order valence-corrected chi connectivity index (χ2v) is 6.07. The molecule has 1 fully saturated rings. The highest BCUT2D eigenvalue weighted by Crippen LogP contribution is 2.15. The van der Waals surface area contributed by atoms with E-state index in [1.807, 2.05) is 6.92 Å². The summed E-state index contributed by atoms with van der Waals surface area (Å²) in [6, 6.07) is 0. The summed E-state index contributed by atoms with van der Waals surface area (Å²) in [5.41, 5.74) is 0. The third kappa shape index (κ3) is 8.42. The minimum absolute atomic E-state index is 0.245. The molecular weight excluding hydrogens is 264 g/mol. The second-order valence-electron chi connectivity index (χ2n) is 6.07. The number of amides is 1. The Morgan fingerprint density at radius 2 is 1.76 bits per heavy atom. The first kappa shape index (κ1) is 18.4. The molecule has 0 spiro atoms. The molecule has 0 bridgehead atoms. The SMILES string of the molecule is CCCN1CC(C(=O)NCCCCCCCCOCC)C1. The number of nitrogens with one attached hydrogen (secondary N) is 1. The van der Waals surface area contributed by atoms with Gasteiger partial charge in [-0.1, -0.05) is 32.6 Å². The van der Waals surface area contributed by atoms with Crippen LogP contribution in [0.4, 0.5) is 0 Å². The maximum absolute atomic E-state index is 11.9. The number of hydrogen-bond acceptors (Lipinski definition) is 3. The molecule has 124 valence electrons. The van der Waals surface area contributed by atoms with Gasteiger partial charge in [0.1, 0.15) is 0 Å². The molecule has 1 rings (SSSR count). The zero-order valence-corrected chi connectivity index (χ0v) is 14.0. The molecule has 0 aromatic heterocycles. The van der Waals surface area contributed by atoms with Crippen LogP contribution in [0.15, 0.2) is 0 Å². The van der Waals surface area contributed by atoms with Gasteiger partial charge in [-0.15, -0.1) is 0 Å². The standard InChI is InChI=1S/C17H34N2O2/c1-3-12-19-14-16(15-19)17(20)18-11-9-7-5-6-8-10-13-21-4-2/h16H,3-15H2,1-2H3,(H,18,20). The van der Waals surface area contributed by atoms with Crippen molar-refractivity contribution < 1.29 is 9.53 Å². The molecule has 1 N–H and O–H groups in total. The fourth-order valence-electron chi connectivity index (χ4n) is 2.77. The second kappa shape index (κ2) is 12.0. The molecule has 21 heavy (non-hydrogen) atoms. The normalized spacial score (nSPS) is 15.9. The van der Waals surface area contributed by atoms with Crippen LogP contribution in [0.5, 0.6) is 0 Å². The molecule has 1 aliphatic rings. The van der Waals surface area contributed by atoms with Gasteiger partial charge in [0.15, 0.2) is 0 Å². The van der Waals surface area contributed by atoms with Crippen molar-refractivity contribution in [1.82, 2.24) is 10.2 Å². The van der Waals surface area contributed by atoms with Gasteiger partial charge in [0.05, 0.1) is 5.92 Å². The molecular formula is C17H34N2O2. The molecule has 1 aliphatic heterocycles. The first-order chi connectivity index (χ1) is 10.3. The van der Waals surface area contributed by atoms with E-state index in [0.29, 0.717) is 0 Å². The van der Waals surface area contributed by atoms with E-state index in [1.54, 1.807) is 0 Å². The number of nitrogens with zero attached hydrogens (tertiary/aromatic N) is 1. The molecule has 0 atom stereocenters. The Balaban J connectivity index is 1.81. The molecule has 0 unspecified atom stereocenters. The van der Waals surface area contributed by atoms with Crippen molar-refractivity contribution in [3.05, 3.63) is 0 Å². The van der Waals surface area contributed by atoms with E-state index in [4.69, 9.17) is 4.74 Å². The summed E-state index contributed by atoms with van der Waals surface area (Å²) in [5, 5.41) is 3.08. The Labute approximate surface area is 130 Å². The lowest BCUT2D eigenvalue weighted by atomic mass is 9.99. The van der Waals surface area contributed by atoms with Crippen LogP contribution in [0.25, 0.3) is 0 Å². The van der Waals surface area contributed by atoms with E-state index in [1.165, 1.54) is 38.5 Å². The number of ether oxygens (including phenoxy) is 1. The molecule has 4 nitrogen and oxygen atoms in total. The first-order valence-corrected chi connectivity index (χ1v) is 8.85. The molecule has 0 radical (unpaired) electrons. The average Bonchev–Trinajstić information content (AvgIpc) is 2.44. The van der Waals surface area contributed by atoms with Crippen molar-refractivity contribution in [1.29, 1.82) is 0 Å². The largest absolute Gasteiger partial charge is 0.382 e. The zero-order chi connectivity index (χ0) is 15.3. The van der Waals surface area contributed by atoms with Crippen molar-refractivity contribution in [3.8, 4) is 0 Å². The molecule has 0 aromatic rings. The van der Waals surface area contributed by atoms with E-state index in [9.17, 15) is 4.79 Å². The number of likely N-dealkylation sites (tertiary alicyclic amines) is 1. The maximum Gasteiger partial charge on any atom is 0.225 e. The van der Waals surface area contributed by atoms with Gasteiger partial charge in [0.2, 0.25) is 5.91 Å². The molecule has 0 aromatic carbocycles. The van der Waals surface area contributed by atoms with Gasteiger partial charge in [-0.05, 0) is 32.7 Å². The van der Waals surface area contributed by atoms with Crippen LogP contribution in [0.2, 0.25) is 0 Å². The first-order valence-electron chi connectivity index (χ1n) is 8.85. The summed E-state index contributed by atoms with van der Waals surface area (Å²) in [6.45, 7) is 9.86. The Morgan fingerprint density at radius 3 is 2.43 bits per heavy atom. The van der Waals surface area contributed by atoms with Gasteiger partial charge in [0, 0.05) is 32.8 Å². The maximum atomic E-state index is 11.9. The summed E-state index contributed by atoms with van der Waals surface area (Å²) in [7, 11) is 0. The van der Waals surface area contributed by atoms with E-state index in [0.717, 1.165) is 45.8 Å². The molecule has 1 heterocycles. The third-order valence-corrected chi connectivity index (χ3v) is 4.09. The average molecular weight is 298 g/mol. The zero-order valence-electron chi connectivity index (χ0n) is 14.0. The predicted octanol–water partition coefficient (Wildman–Crippen LogP) is 2.82. The van der Waals surface area contributed by atoms with Gasteiger partial charge >= 0.3 is 0 Å². The lowest BCUT2D eigenvalue weighted by Gasteiger charge is -2.38. The number of carbonyl (C=O) groups is 1.